The van der Waals surface area contributed by atoms with E-state index in [1.165, 1.54) is 38.4 Å². The number of nitrogens with one attached hydrogen (secondary N) is 2. The molecule has 0 aromatic heterocycles. The SMILES string of the molecule is COc1cc(C(=O)N(CC(=O)NCC(=O)Nc2ccc(C)cc2)C(C)C)cc(OC)c1OC. The van der Waals surface area contributed by atoms with E-state index in [2.05, 4.69) is 10.6 Å². The van der Waals surface area contributed by atoms with Gasteiger partial charge in [0.15, 0.2) is 11.5 Å². The van der Waals surface area contributed by atoms with Crippen molar-refractivity contribution >= 4 is 23.4 Å². The van der Waals surface area contributed by atoms with Crippen LogP contribution in [0.2, 0.25) is 0 Å². The summed E-state index contributed by atoms with van der Waals surface area (Å²) in [6.07, 6.45) is 0. The number of hydrogen-bond acceptors (Lipinski definition) is 6. The second-order valence-electron chi connectivity index (χ2n) is 7.63. The molecular weight excluding hydrogens is 426 g/mol. The van der Waals surface area contributed by atoms with Crippen molar-refractivity contribution in [3.05, 3.63) is 47.5 Å². The number of amides is 3. The Balaban J connectivity index is 2.06. The van der Waals surface area contributed by atoms with Gasteiger partial charge < -0.3 is 29.7 Å². The summed E-state index contributed by atoms with van der Waals surface area (Å²) in [5, 5.41) is 5.27. The molecule has 0 saturated heterocycles. The highest BCUT2D eigenvalue weighted by atomic mass is 16.5. The summed E-state index contributed by atoms with van der Waals surface area (Å²) in [5.41, 5.74) is 2.00. The standard InChI is InChI=1S/C24H31N3O6/c1-15(2)27(24(30)17-11-19(31-4)23(33-6)20(12-17)32-5)14-22(29)25-13-21(28)26-18-9-7-16(3)8-10-18/h7-12,15H,13-14H2,1-6H3,(H,25,29)(H,26,28). The zero-order valence-corrected chi connectivity index (χ0v) is 19.9. The monoisotopic (exact) mass is 457 g/mol. The van der Waals surface area contributed by atoms with Crippen LogP contribution in [0.4, 0.5) is 5.69 Å². The predicted octanol–water partition coefficient (Wildman–Crippen LogP) is 2.63. The molecule has 0 bridgehead atoms. The summed E-state index contributed by atoms with van der Waals surface area (Å²) >= 11 is 0. The van der Waals surface area contributed by atoms with Crippen LogP contribution in [0.1, 0.15) is 29.8 Å². The number of aryl methyl sites for hydroxylation is 1. The van der Waals surface area contributed by atoms with E-state index < -0.39 is 5.91 Å². The number of hydrogen-bond donors (Lipinski definition) is 2. The molecule has 178 valence electrons. The highest BCUT2D eigenvalue weighted by molar-refractivity contribution is 5.99. The van der Waals surface area contributed by atoms with E-state index in [0.717, 1.165) is 5.56 Å². The fourth-order valence-corrected chi connectivity index (χ4v) is 3.09. The summed E-state index contributed by atoms with van der Waals surface area (Å²) < 4.78 is 15.9. The first kappa shape index (κ1) is 25.5. The first-order valence-electron chi connectivity index (χ1n) is 10.4. The van der Waals surface area contributed by atoms with Crippen LogP contribution in [-0.4, -0.2) is 63.1 Å². The number of anilines is 1. The van der Waals surface area contributed by atoms with Gasteiger partial charge in [0.25, 0.3) is 5.91 Å². The number of ether oxygens (including phenoxy) is 3. The van der Waals surface area contributed by atoms with Crippen molar-refractivity contribution in [2.75, 3.05) is 39.7 Å². The van der Waals surface area contributed by atoms with E-state index in [1.54, 1.807) is 26.0 Å². The van der Waals surface area contributed by atoms with E-state index in [1.807, 2.05) is 19.1 Å². The third-order valence-corrected chi connectivity index (χ3v) is 4.89. The fraction of sp³-hybridized carbons (Fsp3) is 0.375. The zero-order valence-electron chi connectivity index (χ0n) is 19.9. The van der Waals surface area contributed by atoms with Crippen molar-refractivity contribution in [1.29, 1.82) is 0 Å². The van der Waals surface area contributed by atoms with Gasteiger partial charge in [-0.2, -0.15) is 0 Å². The first-order chi connectivity index (χ1) is 15.7. The lowest BCUT2D eigenvalue weighted by molar-refractivity contribution is -0.124. The molecule has 3 amide bonds. The summed E-state index contributed by atoms with van der Waals surface area (Å²) in [5.74, 6) is -0.168. The van der Waals surface area contributed by atoms with Crippen LogP contribution in [0.15, 0.2) is 36.4 Å². The number of carbonyl (C=O) groups is 3. The van der Waals surface area contributed by atoms with Crippen LogP contribution >= 0.6 is 0 Å². The molecule has 0 saturated carbocycles. The molecule has 0 heterocycles. The minimum Gasteiger partial charge on any atom is -0.493 e. The van der Waals surface area contributed by atoms with Crippen LogP contribution in [-0.2, 0) is 9.59 Å². The van der Waals surface area contributed by atoms with Crippen molar-refractivity contribution in [3.8, 4) is 17.2 Å². The Morgan fingerprint density at radius 2 is 1.48 bits per heavy atom. The van der Waals surface area contributed by atoms with Gasteiger partial charge in [-0.3, -0.25) is 14.4 Å². The van der Waals surface area contributed by atoms with Crippen LogP contribution in [0, 0.1) is 6.92 Å². The Labute approximate surface area is 194 Å². The smallest absolute Gasteiger partial charge is 0.254 e. The molecule has 9 heteroatoms. The largest absolute Gasteiger partial charge is 0.493 e. The highest BCUT2D eigenvalue weighted by Gasteiger charge is 2.25. The Kier molecular flexibility index (Phi) is 9.08. The molecule has 9 nitrogen and oxygen atoms in total. The number of benzene rings is 2. The predicted molar refractivity (Wildman–Crippen MR) is 125 cm³/mol. The van der Waals surface area contributed by atoms with Gasteiger partial charge in [-0.15, -0.1) is 0 Å². The lowest BCUT2D eigenvalue weighted by Gasteiger charge is -2.26. The molecule has 33 heavy (non-hydrogen) atoms. The van der Waals surface area contributed by atoms with E-state index in [4.69, 9.17) is 14.2 Å². The quantitative estimate of drug-likeness (QED) is 0.568. The third kappa shape index (κ3) is 6.86. The highest BCUT2D eigenvalue weighted by Crippen LogP contribution is 2.38. The minimum absolute atomic E-state index is 0.211. The van der Waals surface area contributed by atoms with Crippen LogP contribution in [0.25, 0.3) is 0 Å². The maximum atomic E-state index is 13.2. The van der Waals surface area contributed by atoms with Crippen LogP contribution in [0.5, 0.6) is 17.2 Å². The number of rotatable bonds is 10. The molecule has 2 rings (SSSR count). The maximum absolute atomic E-state index is 13.2. The summed E-state index contributed by atoms with van der Waals surface area (Å²) in [7, 11) is 4.39. The Hall–Kier alpha value is -3.75. The molecule has 2 aromatic carbocycles. The molecule has 0 aliphatic heterocycles. The van der Waals surface area contributed by atoms with Crippen molar-refractivity contribution in [2.24, 2.45) is 0 Å². The molecule has 0 atom stereocenters. The average molecular weight is 458 g/mol. The molecular formula is C24H31N3O6. The Morgan fingerprint density at radius 1 is 0.909 bits per heavy atom. The zero-order chi connectivity index (χ0) is 24.5. The number of nitrogens with zero attached hydrogens (tertiary/aromatic N) is 1. The number of carbonyl (C=O) groups excluding carboxylic acids is 3. The molecule has 2 aromatic rings. The second kappa shape index (κ2) is 11.8. The van der Waals surface area contributed by atoms with Gasteiger partial charge in [0, 0.05) is 17.3 Å². The van der Waals surface area contributed by atoms with E-state index in [-0.39, 0.29) is 36.5 Å². The van der Waals surface area contributed by atoms with E-state index in [0.29, 0.717) is 22.9 Å². The summed E-state index contributed by atoms with van der Waals surface area (Å²) in [4.78, 5) is 39.2. The molecule has 2 N–H and O–H groups in total. The lowest BCUT2D eigenvalue weighted by Crippen LogP contribution is -2.45. The molecule has 0 aliphatic carbocycles. The second-order valence-corrected chi connectivity index (χ2v) is 7.63. The molecule has 0 radical (unpaired) electrons. The van der Waals surface area contributed by atoms with Crippen molar-refractivity contribution in [1.82, 2.24) is 10.2 Å². The van der Waals surface area contributed by atoms with Gasteiger partial charge >= 0.3 is 0 Å². The normalized spacial score (nSPS) is 10.4. The molecule has 0 spiro atoms. The summed E-state index contributed by atoms with van der Waals surface area (Å²) in [6, 6.07) is 10.1. The van der Waals surface area contributed by atoms with Gasteiger partial charge in [-0.05, 0) is 45.0 Å². The van der Waals surface area contributed by atoms with Gasteiger partial charge in [-0.25, -0.2) is 0 Å². The molecule has 0 fully saturated rings. The Bertz CT molecular complexity index is 963. The maximum Gasteiger partial charge on any atom is 0.254 e. The van der Waals surface area contributed by atoms with Gasteiger partial charge in [-0.1, -0.05) is 17.7 Å². The Morgan fingerprint density at radius 3 is 1.97 bits per heavy atom. The van der Waals surface area contributed by atoms with E-state index in [9.17, 15) is 14.4 Å². The van der Waals surface area contributed by atoms with Crippen molar-refractivity contribution in [3.63, 3.8) is 0 Å². The van der Waals surface area contributed by atoms with Crippen molar-refractivity contribution < 1.29 is 28.6 Å². The fourth-order valence-electron chi connectivity index (χ4n) is 3.09. The van der Waals surface area contributed by atoms with Crippen LogP contribution in [0.3, 0.4) is 0 Å². The molecule has 0 aliphatic rings. The van der Waals surface area contributed by atoms with E-state index >= 15 is 0 Å². The first-order valence-corrected chi connectivity index (χ1v) is 10.4. The third-order valence-electron chi connectivity index (χ3n) is 4.89. The van der Waals surface area contributed by atoms with Gasteiger partial charge in [0.1, 0.15) is 6.54 Å². The topological polar surface area (TPSA) is 106 Å². The van der Waals surface area contributed by atoms with Gasteiger partial charge in [0.2, 0.25) is 17.6 Å². The number of methoxy groups -OCH3 is 3. The lowest BCUT2D eigenvalue weighted by atomic mass is 10.1. The van der Waals surface area contributed by atoms with Gasteiger partial charge in [0.05, 0.1) is 27.9 Å². The average Bonchev–Trinajstić information content (AvgIpc) is 2.80. The molecule has 0 unspecified atom stereocenters. The summed E-state index contributed by atoms with van der Waals surface area (Å²) in [6.45, 7) is 5.12. The van der Waals surface area contributed by atoms with Crippen molar-refractivity contribution in [2.45, 2.75) is 26.8 Å². The van der Waals surface area contributed by atoms with Crippen LogP contribution < -0.4 is 24.8 Å². The minimum atomic E-state index is -0.455.